The van der Waals surface area contributed by atoms with Crippen molar-refractivity contribution < 1.29 is 19.8 Å². The molecule has 1 amide bonds. The molecule has 4 heterocycles. The number of carbonyl (C=O) groups excluding carboxylic acids is 1. The van der Waals surface area contributed by atoms with Crippen LogP contribution in [-0.4, -0.2) is 62.0 Å². The van der Waals surface area contributed by atoms with Gasteiger partial charge in [0.25, 0.3) is 0 Å². The lowest BCUT2D eigenvalue weighted by atomic mass is 9.79. The maximum atomic E-state index is 12.4. The predicted octanol–water partition coefficient (Wildman–Crippen LogP) is 1.71. The summed E-state index contributed by atoms with van der Waals surface area (Å²) >= 11 is 1.56. The number of fused-ring (bicyclic) bond motifs is 1. The third-order valence-corrected chi connectivity index (χ3v) is 7.45. The van der Waals surface area contributed by atoms with Crippen molar-refractivity contribution >= 4 is 29.7 Å². The van der Waals surface area contributed by atoms with Crippen molar-refractivity contribution in [1.29, 1.82) is 0 Å². The van der Waals surface area contributed by atoms with E-state index >= 15 is 0 Å². The lowest BCUT2D eigenvalue weighted by molar-refractivity contribution is -0.163. The Bertz CT molecular complexity index is 870. The number of aliphatic carboxylic acids is 1. The molecule has 0 saturated carbocycles. The number of hydrogen-bond acceptors (Lipinski definition) is 6. The monoisotopic (exact) mass is 415 g/mol. The van der Waals surface area contributed by atoms with E-state index in [-0.39, 0.29) is 34.9 Å². The molecule has 8 heteroatoms. The van der Waals surface area contributed by atoms with Gasteiger partial charge in [-0.1, -0.05) is 25.1 Å². The molecule has 6 atom stereocenters. The second kappa shape index (κ2) is 7.93. The van der Waals surface area contributed by atoms with Crippen LogP contribution in [0, 0.1) is 11.8 Å². The van der Waals surface area contributed by atoms with Gasteiger partial charge in [0.2, 0.25) is 5.91 Å². The summed E-state index contributed by atoms with van der Waals surface area (Å²) in [4.78, 5) is 30.6. The molecule has 1 aromatic heterocycles. The summed E-state index contributed by atoms with van der Waals surface area (Å²) in [6, 6.07) is 3.84. The molecule has 1 aromatic rings. The minimum Gasteiger partial charge on any atom is -0.477 e. The molecule has 0 radical (unpaired) electrons. The number of aliphatic hydroxyl groups excluding tert-OH is 1. The Labute approximate surface area is 173 Å². The molecule has 29 heavy (non-hydrogen) atoms. The lowest BCUT2D eigenvalue weighted by Crippen LogP contribution is -2.63. The minimum atomic E-state index is -1.07. The standard InChI is InChI=1S/C21H25N3O4S/c1-11-17-16(12(2)25)20(26)24(17)18(21(27)28)19(11)29-15-8-14(23-10-15)6-5-13-4-3-7-22-9-13/h3-7,9,11-12,14-17,23,25H,8,10H2,1-2H3,(H,27,28)/b6-5-/t11-,12-,14-,15+,16-,17-/m1/s1. The number of nitrogens with zero attached hydrogens (tertiary/aromatic N) is 2. The molecule has 0 aromatic carbocycles. The summed E-state index contributed by atoms with van der Waals surface area (Å²) in [6.07, 6.45) is 7.80. The van der Waals surface area contributed by atoms with E-state index in [1.54, 1.807) is 24.9 Å². The highest BCUT2D eigenvalue weighted by Crippen LogP contribution is 2.51. The Hall–Kier alpha value is -2.16. The third kappa shape index (κ3) is 3.60. The van der Waals surface area contributed by atoms with Crippen molar-refractivity contribution in [3.05, 3.63) is 46.8 Å². The summed E-state index contributed by atoms with van der Waals surface area (Å²) in [7, 11) is 0. The maximum Gasteiger partial charge on any atom is 0.353 e. The molecule has 0 bridgehead atoms. The molecule has 2 saturated heterocycles. The van der Waals surface area contributed by atoms with Gasteiger partial charge >= 0.3 is 5.97 Å². The van der Waals surface area contributed by atoms with E-state index in [1.807, 2.05) is 31.3 Å². The Morgan fingerprint density at radius 2 is 2.28 bits per heavy atom. The van der Waals surface area contributed by atoms with Gasteiger partial charge in [-0.05, 0) is 25.0 Å². The number of β-lactam (4-membered cyclic amide) rings is 1. The van der Waals surface area contributed by atoms with E-state index in [1.165, 1.54) is 4.90 Å². The number of carboxylic acid groups (broad SMARTS) is 1. The second-order valence-electron chi connectivity index (χ2n) is 7.91. The van der Waals surface area contributed by atoms with Gasteiger partial charge in [0.1, 0.15) is 5.70 Å². The van der Waals surface area contributed by atoms with Crippen LogP contribution < -0.4 is 5.32 Å². The number of rotatable bonds is 6. The predicted molar refractivity (Wildman–Crippen MR) is 111 cm³/mol. The van der Waals surface area contributed by atoms with Crippen molar-refractivity contribution in [2.24, 2.45) is 11.8 Å². The second-order valence-corrected chi connectivity index (χ2v) is 9.25. The summed E-state index contributed by atoms with van der Waals surface area (Å²) < 4.78 is 0. The van der Waals surface area contributed by atoms with E-state index in [0.717, 1.165) is 23.4 Å². The molecule has 0 aliphatic carbocycles. The maximum absolute atomic E-state index is 12.4. The van der Waals surface area contributed by atoms with Crippen LogP contribution in [0.3, 0.4) is 0 Å². The topological polar surface area (TPSA) is 103 Å². The fraction of sp³-hybridized carbons (Fsp3) is 0.476. The average molecular weight is 416 g/mol. The van der Waals surface area contributed by atoms with Crippen molar-refractivity contribution in [3.8, 4) is 0 Å². The Morgan fingerprint density at radius 3 is 2.93 bits per heavy atom. The van der Waals surface area contributed by atoms with Crippen molar-refractivity contribution in [3.63, 3.8) is 0 Å². The smallest absolute Gasteiger partial charge is 0.353 e. The van der Waals surface area contributed by atoms with Crippen LogP contribution in [0.25, 0.3) is 6.08 Å². The van der Waals surface area contributed by atoms with Gasteiger partial charge in [0.05, 0.1) is 18.1 Å². The largest absolute Gasteiger partial charge is 0.477 e. The van der Waals surface area contributed by atoms with Crippen LogP contribution in [0.5, 0.6) is 0 Å². The number of hydrogen-bond donors (Lipinski definition) is 3. The number of carbonyl (C=O) groups is 2. The molecule has 2 fully saturated rings. The molecule has 0 spiro atoms. The van der Waals surface area contributed by atoms with Gasteiger partial charge in [-0.15, -0.1) is 11.8 Å². The van der Waals surface area contributed by atoms with Crippen LogP contribution in [-0.2, 0) is 9.59 Å². The van der Waals surface area contributed by atoms with Crippen molar-refractivity contribution in [1.82, 2.24) is 15.2 Å². The molecule has 3 N–H and O–H groups in total. The minimum absolute atomic E-state index is 0.0895. The highest BCUT2D eigenvalue weighted by Gasteiger charge is 2.60. The molecular weight excluding hydrogens is 390 g/mol. The highest BCUT2D eigenvalue weighted by atomic mass is 32.2. The van der Waals surface area contributed by atoms with E-state index in [0.29, 0.717) is 0 Å². The zero-order valence-electron chi connectivity index (χ0n) is 16.4. The Balaban J connectivity index is 1.46. The number of aromatic nitrogens is 1. The van der Waals surface area contributed by atoms with Crippen LogP contribution in [0.1, 0.15) is 25.8 Å². The quantitative estimate of drug-likeness (QED) is 0.608. The zero-order chi connectivity index (χ0) is 20.7. The number of carboxylic acids is 1. The number of pyridine rings is 1. The molecular formula is C21H25N3O4S. The van der Waals surface area contributed by atoms with Gasteiger partial charge in [-0.3, -0.25) is 9.78 Å². The van der Waals surface area contributed by atoms with Crippen molar-refractivity contribution in [2.45, 2.75) is 43.7 Å². The first-order valence-corrected chi connectivity index (χ1v) is 10.7. The number of thioether (sulfide) groups is 1. The summed E-state index contributed by atoms with van der Waals surface area (Å²) in [5, 5.41) is 23.4. The fourth-order valence-corrected chi connectivity index (χ4v) is 6.02. The van der Waals surface area contributed by atoms with Gasteiger partial charge in [0, 0.05) is 41.1 Å². The molecule has 3 aliphatic heterocycles. The highest BCUT2D eigenvalue weighted by molar-refractivity contribution is 8.03. The number of aliphatic hydroxyl groups is 1. The number of nitrogens with one attached hydrogen (secondary N) is 1. The first-order chi connectivity index (χ1) is 13.9. The summed E-state index contributed by atoms with van der Waals surface area (Å²) in [5.41, 5.74) is 1.14. The third-order valence-electron chi connectivity index (χ3n) is 5.93. The van der Waals surface area contributed by atoms with Gasteiger partial charge in [-0.2, -0.15) is 0 Å². The molecule has 7 nitrogen and oxygen atoms in total. The van der Waals surface area contributed by atoms with Crippen LogP contribution in [0.2, 0.25) is 0 Å². The van der Waals surface area contributed by atoms with Crippen LogP contribution in [0.15, 0.2) is 41.2 Å². The van der Waals surface area contributed by atoms with E-state index in [4.69, 9.17) is 0 Å². The number of amides is 1. The van der Waals surface area contributed by atoms with Crippen LogP contribution in [0.4, 0.5) is 0 Å². The van der Waals surface area contributed by atoms with E-state index in [9.17, 15) is 19.8 Å². The first-order valence-electron chi connectivity index (χ1n) is 9.85. The molecule has 3 aliphatic rings. The van der Waals surface area contributed by atoms with Crippen LogP contribution >= 0.6 is 11.8 Å². The van der Waals surface area contributed by atoms with E-state index in [2.05, 4.69) is 16.4 Å². The normalized spacial score (nSPS) is 32.6. The van der Waals surface area contributed by atoms with Gasteiger partial charge < -0.3 is 20.4 Å². The molecule has 154 valence electrons. The summed E-state index contributed by atoms with van der Waals surface area (Å²) in [6.45, 7) is 4.33. The summed E-state index contributed by atoms with van der Waals surface area (Å²) in [5.74, 6) is -1.97. The molecule has 0 unspecified atom stereocenters. The van der Waals surface area contributed by atoms with Crippen molar-refractivity contribution in [2.75, 3.05) is 6.54 Å². The first kappa shape index (κ1) is 20.1. The fourth-order valence-electron chi connectivity index (χ4n) is 4.53. The van der Waals surface area contributed by atoms with E-state index < -0.39 is 18.0 Å². The molecule has 4 rings (SSSR count). The average Bonchev–Trinajstić information content (AvgIpc) is 3.22. The Kier molecular flexibility index (Phi) is 5.50. The SMILES string of the molecule is C[C@@H](O)[C@H]1C(=O)N2C(C(=O)O)=C(S[C@@H]3CN[C@H](/C=C\c4cccnc4)C3)[C@H](C)[C@H]12. The lowest BCUT2D eigenvalue weighted by Gasteiger charge is -2.46. The van der Waals surface area contributed by atoms with Gasteiger partial charge in [-0.25, -0.2) is 4.79 Å². The Morgan fingerprint density at radius 1 is 1.48 bits per heavy atom. The van der Waals surface area contributed by atoms with Gasteiger partial charge in [0.15, 0.2) is 0 Å². The zero-order valence-corrected chi connectivity index (χ0v) is 17.2.